The molecule has 0 fully saturated rings. The second-order valence-corrected chi connectivity index (χ2v) is 2.40. The molecule has 0 spiro atoms. The molecule has 0 heterocycles. The summed E-state index contributed by atoms with van der Waals surface area (Å²) in [7, 11) is 0. The largest absolute Gasteiger partial charge is 0.394 e. The van der Waals surface area contributed by atoms with Gasteiger partial charge in [-0.05, 0) is 6.42 Å². The third-order valence-electron chi connectivity index (χ3n) is 1.06. The van der Waals surface area contributed by atoms with E-state index in [9.17, 15) is 0 Å². The minimum absolute atomic E-state index is 0.0278. The molecule has 0 aromatic carbocycles. The van der Waals surface area contributed by atoms with Crippen molar-refractivity contribution in [1.29, 1.82) is 0 Å². The van der Waals surface area contributed by atoms with Crippen LogP contribution in [0, 0.1) is 0 Å². The molecule has 5 nitrogen and oxygen atoms in total. The molecule has 0 aliphatic carbocycles. The van der Waals surface area contributed by atoms with Gasteiger partial charge in [-0.1, -0.05) is 6.92 Å². The summed E-state index contributed by atoms with van der Waals surface area (Å²) in [6.07, 6.45) is 1.03. The van der Waals surface area contributed by atoms with Gasteiger partial charge in [-0.15, -0.1) is 0 Å². The fourth-order valence-corrected chi connectivity index (χ4v) is 0.542. The molecule has 0 unspecified atom stereocenters. The van der Waals surface area contributed by atoms with Gasteiger partial charge in [0.15, 0.2) is 0 Å². The van der Waals surface area contributed by atoms with Crippen LogP contribution in [0.3, 0.4) is 0 Å². The van der Waals surface area contributed by atoms with Crippen molar-refractivity contribution < 1.29 is 24.8 Å². The lowest BCUT2D eigenvalue weighted by Gasteiger charge is -1.94. The van der Waals surface area contributed by atoms with Crippen LogP contribution in [0.25, 0.3) is 0 Å². The lowest BCUT2D eigenvalue weighted by molar-refractivity contribution is 0.0650. The van der Waals surface area contributed by atoms with Crippen molar-refractivity contribution >= 4 is 0 Å². The molecule has 0 aliphatic rings. The molecule has 14 heavy (non-hydrogen) atoms. The summed E-state index contributed by atoms with van der Waals surface area (Å²) in [5.74, 6) is 0. The molecule has 0 atom stereocenters. The van der Waals surface area contributed by atoms with E-state index in [0.29, 0.717) is 19.8 Å². The molecule has 0 aromatic heterocycles. The van der Waals surface area contributed by atoms with Crippen LogP contribution in [0.5, 0.6) is 0 Å². The first-order valence-electron chi connectivity index (χ1n) is 4.81. The highest BCUT2D eigenvalue weighted by molar-refractivity contribution is 4.25. The molecular formula is C9H22O5. The van der Waals surface area contributed by atoms with E-state index in [1.54, 1.807) is 0 Å². The third-order valence-corrected chi connectivity index (χ3v) is 1.06. The zero-order valence-corrected chi connectivity index (χ0v) is 8.81. The van der Waals surface area contributed by atoms with Gasteiger partial charge in [0.05, 0.1) is 39.6 Å². The predicted octanol–water partition coefficient (Wildman–Crippen LogP) is -0.607. The first-order valence-corrected chi connectivity index (χ1v) is 4.81. The Morgan fingerprint density at radius 2 is 1.07 bits per heavy atom. The zero-order chi connectivity index (χ0) is 11.1. The van der Waals surface area contributed by atoms with E-state index in [2.05, 4.69) is 4.74 Å². The first kappa shape index (κ1) is 16.2. The maximum atomic E-state index is 8.17. The van der Waals surface area contributed by atoms with Crippen molar-refractivity contribution in [3.8, 4) is 0 Å². The van der Waals surface area contributed by atoms with Crippen LogP contribution in [0.15, 0.2) is 0 Å². The number of hydrogen-bond acceptors (Lipinski definition) is 5. The van der Waals surface area contributed by atoms with Gasteiger partial charge in [0.25, 0.3) is 0 Å². The van der Waals surface area contributed by atoms with E-state index in [1.165, 1.54) is 0 Å². The fraction of sp³-hybridized carbons (Fsp3) is 1.00. The van der Waals surface area contributed by atoms with Gasteiger partial charge in [-0.2, -0.15) is 0 Å². The van der Waals surface area contributed by atoms with Crippen molar-refractivity contribution in [3.05, 3.63) is 0 Å². The Kier molecular flexibility index (Phi) is 21.5. The zero-order valence-electron chi connectivity index (χ0n) is 8.81. The van der Waals surface area contributed by atoms with Gasteiger partial charge in [-0.25, -0.2) is 0 Å². The summed E-state index contributed by atoms with van der Waals surface area (Å²) in [5, 5.41) is 24.3. The van der Waals surface area contributed by atoms with Crippen LogP contribution < -0.4 is 0 Å². The molecule has 0 saturated carbocycles. The summed E-state index contributed by atoms with van der Waals surface area (Å²) in [6, 6.07) is 0. The Morgan fingerprint density at radius 3 is 1.36 bits per heavy atom. The highest BCUT2D eigenvalue weighted by atomic mass is 16.5. The molecule has 0 bridgehead atoms. The summed E-state index contributed by atoms with van der Waals surface area (Å²) < 4.78 is 9.51. The fourth-order valence-electron chi connectivity index (χ4n) is 0.542. The molecular weight excluding hydrogens is 188 g/mol. The van der Waals surface area contributed by atoms with Crippen molar-refractivity contribution in [2.75, 3.05) is 46.2 Å². The van der Waals surface area contributed by atoms with Crippen molar-refractivity contribution in [1.82, 2.24) is 0 Å². The Hall–Kier alpha value is -0.200. The topological polar surface area (TPSA) is 79.2 Å². The SMILES string of the molecule is CCCOCCO.OCCOCCO. The van der Waals surface area contributed by atoms with Crippen LogP contribution in [0.1, 0.15) is 13.3 Å². The van der Waals surface area contributed by atoms with Gasteiger partial charge in [0, 0.05) is 6.61 Å². The van der Waals surface area contributed by atoms with Crippen LogP contribution in [-0.4, -0.2) is 61.6 Å². The van der Waals surface area contributed by atoms with Gasteiger partial charge < -0.3 is 24.8 Å². The summed E-state index contributed by atoms with van der Waals surface area (Å²) in [5.41, 5.74) is 0. The average molecular weight is 210 g/mol. The monoisotopic (exact) mass is 210 g/mol. The number of rotatable bonds is 8. The van der Waals surface area contributed by atoms with Gasteiger partial charge in [-0.3, -0.25) is 0 Å². The van der Waals surface area contributed by atoms with Crippen LogP contribution >= 0.6 is 0 Å². The minimum Gasteiger partial charge on any atom is -0.394 e. The normalized spacial score (nSPS) is 9.43. The van der Waals surface area contributed by atoms with Crippen molar-refractivity contribution in [2.45, 2.75) is 13.3 Å². The van der Waals surface area contributed by atoms with Crippen LogP contribution in [0.4, 0.5) is 0 Å². The number of hydrogen-bond donors (Lipinski definition) is 3. The predicted molar refractivity (Wildman–Crippen MR) is 53.2 cm³/mol. The minimum atomic E-state index is 0.0278. The number of aliphatic hydroxyl groups is 3. The highest BCUT2D eigenvalue weighted by Gasteiger charge is 1.79. The molecule has 0 amide bonds. The van der Waals surface area contributed by atoms with Gasteiger partial charge >= 0.3 is 0 Å². The highest BCUT2D eigenvalue weighted by Crippen LogP contribution is 1.76. The van der Waals surface area contributed by atoms with Crippen molar-refractivity contribution in [2.24, 2.45) is 0 Å². The molecule has 0 rings (SSSR count). The van der Waals surface area contributed by atoms with Crippen LogP contribution in [0.2, 0.25) is 0 Å². The lowest BCUT2D eigenvalue weighted by atomic mass is 10.5. The Bertz CT molecular complexity index is 61.6. The molecule has 0 saturated heterocycles. The van der Waals surface area contributed by atoms with E-state index < -0.39 is 0 Å². The number of aliphatic hydroxyl groups excluding tert-OH is 3. The molecule has 0 aliphatic heterocycles. The third kappa shape index (κ3) is 22.6. The van der Waals surface area contributed by atoms with E-state index in [-0.39, 0.29) is 19.8 Å². The summed E-state index contributed by atoms with van der Waals surface area (Å²) in [6.45, 7) is 4.12. The first-order chi connectivity index (χ1) is 6.83. The second-order valence-electron chi connectivity index (χ2n) is 2.40. The molecule has 5 heteroatoms. The summed E-state index contributed by atoms with van der Waals surface area (Å²) in [4.78, 5) is 0. The molecule has 0 aromatic rings. The van der Waals surface area contributed by atoms with E-state index in [0.717, 1.165) is 13.0 Å². The standard InChI is InChI=1S/C5H12O2.C4H10O3/c1-2-4-7-5-3-6;5-1-3-7-4-2-6/h6H,2-5H2,1H3;5-6H,1-4H2. The smallest absolute Gasteiger partial charge is 0.0698 e. The van der Waals surface area contributed by atoms with Gasteiger partial charge in [0.2, 0.25) is 0 Å². The average Bonchev–Trinajstić information content (AvgIpc) is 2.21. The maximum Gasteiger partial charge on any atom is 0.0698 e. The van der Waals surface area contributed by atoms with Crippen LogP contribution in [-0.2, 0) is 9.47 Å². The Balaban J connectivity index is 0. The van der Waals surface area contributed by atoms with Gasteiger partial charge in [0.1, 0.15) is 0 Å². The quantitative estimate of drug-likeness (QED) is 0.466. The summed E-state index contributed by atoms with van der Waals surface area (Å²) >= 11 is 0. The van der Waals surface area contributed by atoms with E-state index >= 15 is 0 Å². The second kappa shape index (κ2) is 18.6. The Morgan fingerprint density at radius 1 is 0.714 bits per heavy atom. The van der Waals surface area contributed by atoms with E-state index in [4.69, 9.17) is 20.1 Å². The Labute approximate surface area is 85.3 Å². The molecule has 0 radical (unpaired) electrons. The molecule has 88 valence electrons. The van der Waals surface area contributed by atoms with E-state index in [1.807, 2.05) is 6.92 Å². The molecule has 3 N–H and O–H groups in total. The van der Waals surface area contributed by atoms with Crippen molar-refractivity contribution in [3.63, 3.8) is 0 Å². The maximum absolute atomic E-state index is 8.17. The number of ether oxygens (including phenoxy) is 2. The lowest BCUT2D eigenvalue weighted by Crippen LogP contribution is -2.03.